The van der Waals surface area contributed by atoms with E-state index in [0.717, 1.165) is 25.7 Å². The number of unbranched alkanes of at least 4 members (excludes halogenated alkanes) is 3. The van der Waals surface area contributed by atoms with E-state index >= 15 is 0 Å². The average Bonchev–Trinajstić information content (AvgIpc) is 2.49. The van der Waals surface area contributed by atoms with Gasteiger partial charge in [0.15, 0.2) is 0 Å². The molecule has 5 heteroatoms. The van der Waals surface area contributed by atoms with Gasteiger partial charge in [0, 0.05) is 11.7 Å². The van der Waals surface area contributed by atoms with E-state index < -0.39 is 13.3 Å². The van der Waals surface area contributed by atoms with Gasteiger partial charge in [0.1, 0.15) is 0 Å². The van der Waals surface area contributed by atoms with Crippen LogP contribution in [0, 0.1) is 5.92 Å². The molecule has 0 aliphatic rings. The SMILES string of the molecule is CC(C)CP(=O)(O)CC(=CCCCCCc1ccccc1)C(=O)O. The van der Waals surface area contributed by atoms with Crippen molar-refractivity contribution in [2.24, 2.45) is 5.92 Å². The van der Waals surface area contributed by atoms with Gasteiger partial charge in [0.2, 0.25) is 7.37 Å². The summed E-state index contributed by atoms with van der Waals surface area (Å²) in [5.41, 5.74) is 1.39. The van der Waals surface area contributed by atoms with Crippen LogP contribution in [0.4, 0.5) is 0 Å². The lowest BCUT2D eigenvalue weighted by Gasteiger charge is -2.14. The van der Waals surface area contributed by atoms with Gasteiger partial charge < -0.3 is 10.00 Å². The maximum atomic E-state index is 12.1. The van der Waals surface area contributed by atoms with Gasteiger partial charge in [-0.2, -0.15) is 0 Å². The standard InChI is InChI=1S/C19H29O4P/c1-16(2)14-24(22,23)15-18(19(20)21)13-9-4-3-6-10-17-11-7-5-8-12-17/h5,7-8,11-13,16H,3-4,6,9-10,14-15H2,1-2H3,(H,20,21)(H,22,23). The fourth-order valence-electron chi connectivity index (χ4n) is 2.69. The average molecular weight is 352 g/mol. The van der Waals surface area contributed by atoms with Crippen molar-refractivity contribution in [2.75, 3.05) is 12.3 Å². The smallest absolute Gasteiger partial charge is 0.331 e. The molecule has 1 atom stereocenters. The monoisotopic (exact) mass is 352 g/mol. The number of carbonyl (C=O) groups is 1. The minimum atomic E-state index is -3.41. The number of rotatable bonds is 11. The number of aliphatic carboxylic acids is 1. The molecule has 0 aliphatic carbocycles. The third-order valence-corrected chi connectivity index (χ3v) is 5.88. The molecule has 0 saturated carbocycles. The Bertz CT molecular complexity index is 578. The van der Waals surface area contributed by atoms with E-state index in [9.17, 15) is 19.4 Å². The van der Waals surface area contributed by atoms with Crippen LogP contribution in [0.25, 0.3) is 0 Å². The number of carboxylic acids is 1. The lowest BCUT2D eigenvalue weighted by molar-refractivity contribution is -0.132. The second-order valence-corrected chi connectivity index (χ2v) is 9.07. The second-order valence-electron chi connectivity index (χ2n) is 6.70. The van der Waals surface area contributed by atoms with Crippen LogP contribution in [0.1, 0.15) is 45.1 Å². The summed E-state index contributed by atoms with van der Waals surface area (Å²) in [6, 6.07) is 10.3. The van der Waals surface area contributed by atoms with Crippen LogP contribution < -0.4 is 0 Å². The molecule has 1 aromatic rings. The van der Waals surface area contributed by atoms with Crippen molar-refractivity contribution in [1.82, 2.24) is 0 Å². The quantitative estimate of drug-likeness (QED) is 0.343. The maximum Gasteiger partial charge on any atom is 0.331 e. The summed E-state index contributed by atoms with van der Waals surface area (Å²) in [6.45, 7) is 3.72. The first kappa shape index (κ1) is 20.7. The summed E-state index contributed by atoms with van der Waals surface area (Å²) in [6.07, 6.45) is 6.18. The van der Waals surface area contributed by atoms with Crippen molar-refractivity contribution in [2.45, 2.75) is 46.0 Å². The van der Waals surface area contributed by atoms with Gasteiger partial charge in [-0.25, -0.2) is 4.79 Å². The number of aryl methyl sites for hydroxylation is 1. The number of carboxylic acid groups (broad SMARTS) is 1. The van der Waals surface area contributed by atoms with Crippen LogP contribution in [-0.4, -0.2) is 28.3 Å². The molecule has 0 bridgehead atoms. The molecule has 0 aliphatic heterocycles. The Kier molecular flexibility index (Phi) is 9.02. The van der Waals surface area contributed by atoms with E-state index in [2.05, 4.69) is 12.1 Å². The van der Waals surface area contributed by atoms with Crippen molar-refractivity contribution in [3.63, 3.8) is 0 Å². The molecule has 1 unspecified atom stereocenters. The molecule has 24 heavy (non-hydrogen) atoms. The summed E-state index contributed by atoms with van der Waals surface area (Å²) in [7, 11) is -3.41. The Morgan fingerprint density at radius 1 is 1.17 bits per heavy atom. The van der Waals surface area contributed by atoms with Gasteiger partial charge in [0.05, 0.1) is 6.16 Å². The highest BCUT2D eigenvalue weighted by Gasteiger charge is 2.24. The number of benzene rings is 1. The van der Waals surface area contributed by atoms with Gasteiger partial charge in [-0.3, -0.25) is 4.57 Å². The molecule has 0 heterocycles. The molecule has 0 saturated heterocycles. The fraction of sp³-hybridized carbons (Fsp3) is 0.526. The van der Waals surface area contributed by atoms with E-state index in [1.54, 1.807) is 6.08 Å². The van der Waals surface area contributed by atoms with Crippen LogP contribution in [-0.2, 0) is 15.8 Å². The van der Waals surface area contributed by atoms with E-state index in [-0.39, 0.29) is 23.8 Å². The van der Waals surface area contributed by atoms with Crippen molar-refractivity contribution in [1.29, 1.82) is 0 Å². The topological polar surface area (TPSA) is 74.6 Å². The van der Waals surface area contributed by atoms with Crippen molar-refractivity contribution < 1.29 is 19.4 Å². The molecular weight excluding hydrogens is 323 g/mol. The number of hydrogen-bond acceptors (Lipinski definition) is 2. The van der Waals surface area contributed by atoms with E-state index in [1.165, 1.54) is 5.56 Å². The zero-order chi connectivity index (χ0) is 18.0. The lowest BCUT2D eigenvalue weighted by Crippen LogP contribution is -2.09. The first-order valence-electron chi connectivity index (χ1n) is 8.57. The van der Waals surface area contributed by atoms with E-state index in [0.29, 0.717) is 6.42 Å². The van der Waals surface area contributed by atoms with Gasteiger partial charge in [-0.1, -0.05) is 56.7 Å². The van der Waals surface area contributed by atoms with Crippen molar-refractivity contribution in [3.8, 4) is 0 Å². The van der Waals surface area contributed by atoms with Crippen molar-refractivity contribution in [3.05, 3.63) is 47.5 Å². The molecule has 2 N–H and O–H groups in total. The summed E-state index contributed by atoms with van der Waals surface area (Å²) >= 11 is 0. The minimum absolute atomic E-state index is 0.0737. The highest BCUT2D eigenvalue weighted by atomic mass is 31.2. The first-order chi connectivity index (χ1) is 11.3. The second kappa shape index (κ2) is 10.5. The Morgan fingerprint density at radius 3 is 2.42 bits per heavy atom. The van der Waals surface area contributed by atoms with E-state index in [1.807, 2.05) is 32.0 Å². The third-order valence-electron chi connectivity index (χ3n) is 3.75. The molecule has 0 radical (unpaired) electrons. The zero-order valence-electron chi connectivity index (χ0n) is 14.6. The number of hydrogen-bond donors (Lipinski definition) is 2. The molecule has 134 valence electrons. The maximum absolute atomic E-state index is 12.1. The molecule has 0 fully saturated rings. The van der Waals surface area contributed by atoms with Crippen LogP contribution >= 0.6 is 7.37 Å². The zero-order valence-corrected chi connectivity index (χ0v) is 15.5. The lowest BCUT2D eigenvalue weighted by atomic mass is 10.1. The minimum Gasteiger partial charge on any atom is -0.478 e. The molecule has 0 amide bonds. The first-order valence-corrected chi connectivity index (χ1v) is 10.6. The normalized spacial score (nSPS) is 14.6. The molecule has 0 aromatic heterocycles. The summed E-state index contributed by atoms with van der Waals surface area (Å²) in [5, 5.41) is 9.22. The highest BCUT2D eigenvalue weighted by Crippen LogP contribution is 2.44. The summed E-state index contributed by atoms with van der Waals surface area (Å²) in [4.78, 5) is 21.2. The Morgan fingerprint density at radius 2 is 1.83 bits per heavy atom. The molecule has 0 spiro atoms. The predicted molar refractivity (Wildman–Crippen MR) is 98.7 cm³/mol. The highest BCUT2D eigenvalue weighted by molar-refractivity contribution is 7.58. The summed E-state index contributed by atoms with van der Waals surface area (Å²) in [5.74, 6) is -1.01. The van der Waals surface area contributed by atoms with Crippen LogP contribution in [0.2, 0.25) is 0 Å². The molecule has 1 aromatic carbocycles. The molecule has 4 nitrogen and oxygen atoms in total. The Hall–Kier alpha value is -1.38. The Balaban J connectivity index is 2.38. The van der Waals surface area contributed by atoms with E-state index in [4.69, 9.17) is 0 Å². The van der Waals surface area contributed by atoms with Crippen molar-refractivity contribution >= 4 is 13.3 Å². The van der Waals surface area contributed by atoms with Crippen LogP contribution in [0.5, 0.6) is 0 Å². The van der Waals surface area contributed by atoms with Gasteiger partial charge in [0.25, 0.3) is 0 Å². The fourth-order valence-corrected chi connectivity index (χ4v) is 4.76. The van der Waals surface area contributed by atoms with Gasteiger partial charge in [-0.15, -0.1) is 0 Å². The van der Waals surface area contributed by atoms with Gasteiger partial charge in [-0.05, 0) is 37.2 Å². The van der Waals surface area contributed by atoms with Gasteiger partial charge >= 0.3 is 5.97 Å². The largest absolute Gasteiger partial charge is 0.478 e. The molecule has 1 rings (SSSR count). The third kappa shape index (κ3) is 9.05. The van der Waals surface area contributed by atoms with Crippen LogP contribution in [0.15, 0.2) is 42.0 Å². The Labute approximate surface area is 145 Å². The number of allylic oxidation sites excluding steroid dienone is 1. The van der Waals surface area contributed by atoms with Crippen LogP contribution in [0.3, 0.4) is 0 Å². The molecular formula is C19H29O4P. The predicted octanol–water partition coefficient (Wildman–Crippen LogP) is 4.73. The summed E-state index contributed by atoms with van der Waals surface area (Å²) < 4.78 is 12.1.